The fraction of sp³-hybridized carbons (Fsp3) is 0.231. The second-order valence-electron chi connectivity index (χ2n) is 3.93. The van der Waals surface area contributed by atoms with Crippen LogP contribution in [0.4, 0.5) is 0 Å². The predicted molar refractivity (Wildman–Crippen MR) is 80.6 cm³/mol. The predicted octanol–water partition coefficient (Wildman–Crippen LogP) is 3.02. The highest BCUT2D eigenvalue weighted by Gasteiger charge is 2.06. The molecule has 0 aliphatic rings. The van der Waals surface area contributed by atoms with E-state index in [0.717, 1.165) is 17.7 Å². The minimum atomic E-state index is -0.136. The smallest absolute Gasteiger partial charge is 0.282 e. The Labute approximate surface area is 127 Å². The monoisotopic (exact) mass is 386 g/mol. The first-order valence-electron chi connectivity index (χ1n) is 5.66. The lowest BCUT2D eigenvalue weighted by Crippen LogP contribution is -2.24. The summed E-state index contributed by atoms with van der Waals surface area (Å²) in [6.45, 7) is 0.539. The molecule has 0 amide bonds. The lowest BCUT2D eigenvalue weighted by molar-refractivity contribution is 0.414. The van der Waals surface area contributed by atoms with Gasteiger partial charge in [-0.05, 0) is 56.0 Å². The zero-order chi connectivity index (χ0) is 13.8. The van der Waals surface area contributed by atoms with Crippen molar-refractivity contribution in [1.82, 2.24) is 9.78 Å². The van der Waals surface area contributed by atoms with Crippen LogP contribution in [0.3, 0.4) is 0 Å². The average Bonchev–Trinajstić information content (AvgIpc) is 2.45. The molecule has 0 aliphatic carbocycles. The summed E-state index contributed by atoms with van der Waals surface area (Å²) in [6, 6.07) is 7.78. The number of hydrogen-bond donors (Lipinski definition) is 0. The molecular weight excluding hydrogens is 376 g/mol. The molecule has 0 atom stereocenters. The van der Waals surface area contributed by atoms with Crippen molar-refractivity contribution in [1.29, 1.82) is 0 Å². The Bertz CT molecular complexity index is 624. The van der Waals surface area contributed by atoms with Gasteiger partial charge in [0.1, 0.15) is 10.2 Å². The summed E-state index contributed by atoms with van der Waals surface area (Å²) >= 11 is 6.49. The van der Waals surface area contributed by atoms with Gasteiger partial charge >= 0.3 is 0 Å². The summed E-state index contributed by atoms with van der Waals surface area (Å²) in [5.74, 6) is 0.824. The number of halogens is 2. The summed E-state index contributed by atoms with van der Waals surface area (Å²) in [5.41, 5.74) is 0.997. The van der Waals surface area contributed by atoms with Gasteiger partial charge in [0.15, 0.2) is 0 Å². The highest BCUT2D eigenvalue weighted by Crippen LogP contribution is 2.16. The Balaban J connectivity index is 2.10. The molecule has 0 aliphatic heterocycles. The maximum atomic E-state index is 11.9. The Morgan fingerprint density at radius 3 is 2.58 bits per heavy atom. The quantitative estimate of drug-likeness (QED) is 0.809. The number of aryl methyl sites for hydroxylation is 2. The van der Waals surface area contributed by atoms with E-state index in [4.69, 9.17) is 4.74 Å². The van der Waals surface area contributed by atoms with Crippen molar-refractivity contribution in [2.24, 2.45) is 0 Å². The second-order valence-corrected chi connectivity index (χ2v) is 5.58. The van der Waals surface area contributed by atoms with Gasteiger partial charge in [-0.2, -0.15) is 5.10 Å². The van der Waals surface area contributed by atoms with Crippen LogP contribution in [0.1, 0.15) is 5.56 Å². The van der Waals surface area contributed by atoms with Gasteiger partial charge in [-0.15, -0.1) is 0 Å². The van der Waals surface area contributed by atoms with E-state index in [2.05, 4.69) is 37.0 Å². The average molecular weight is 388 g/mol. The Kier molecular flexibility index (Phi) is 4.76. The van der Waals surface area contributed by atoms with Gasteiger partial charge in [0.05, 0.1) is 17.8 Å². The van der Waals surface area contributed by atoms with Crippen molar-refractivity contribution in [2.45, 2.75) is 13.0 Å². The zero-order valence-electron chi connectivity index (χ0n) is 10.3. The molecule has 0 N–H and O–H groups in total. The molecule has 2 aromatic rings. The van der Waals surface area contributed by atoms with Crippen molar-refractivity contribution >= 4 is 31.9 Å². The first kappa shape index (κ1) is 14.3. The molecule has 0 unspecified atom stereocenters. The van der Waals surface area contributed by atoms with Crippen LogP contribution in [0.15, 0.2) is 44.2 Å². The maximum Gasteiger partial charge on any atom is 0.282 e. The number of rotatable bonds is 4. The first-order chi connectivity index (χ1) is 9.11. The van der Waals surface area contributed by atoms with E-state index in [0.29, 0.717) is 15.5 Å². The van der Waals surface area contributed by atoms with Crippen LogP contribution >= 0.6 is 31.9 Å². The number of benzene rings is 1. The molecule has 4 nitrogen and oxygen atoms in total. The maximum absolute atomic E-state index is 11.9. The highest BCUT2D eigenvalue weighted by molar-refractivity contribution is 9.13. The first-order valence-corrected chi connectivity index (χ1v) is 7.24. The minimum Gasteiger partial charge on any atom is -0.497 e. The van der Waals surface area contributed by atoms with Crippen LogP contribution in [0.5, 0.6) is 5.75 Å². The molecule has 2 rings (SSSR count). The van der Waals surface area contributed by atoms with E-state index in [1.165, 1.54) is 4.68 Å². The van der Waals surface area contributed by atoms with Crippen molar-refractivity contribution < 1.29 is 4.74 Å². The Hall–Kier alpha value is -1.14. The van der Waals surface area contributed by atoms with E-state index in [9.17, 15) is 4.79 Å². The summed E-state index contributed by atoms with van der Waals surface area (Å²) < 4.78 is 7.71. The Morgan fingerprint density at radius 2 is 1.95 bits per heavy atom. The van der Waals surface area contributed by atoms with Crippen LogP contribution in [0, 0.1) is 0 Å². The molecule has 0 spiro atoms. The molecule has 0 saturated carbocycles. The van der Waals surface area contributed by atoms with Crippen molar-refractivity contribution in [3.8, 4) is 5.75 Å². The number of hydrogen-bond acceptors (Lipinski definition) is 3. The molecule has 0 bridgehead atoms. The highest BCUT2D eigenvalue weighted by atomic mass is 79.9. The third-order valence-corrected chi connectivity index (χ3v) is 4.61. The summed E-state index contributed by atoms with van der Waals surface area (Å²) in [4.78, 5) is 11.9. The molecule has 0 fully saturated rings. The van der Waals surface area contributed by atoms with Gasteiger partial charge in [0.25, 0.3) is 5.56 Å². The van der Waals surface area contributed by atoms with E-state index >= 15 is 0 Å². The Morgan fingerprint density at radius 1 is 1.26 bits per heavy atom. The van der Waals surface area contributed by atoms with Crippen LogP contribution in [0.2, 0.25) is 0 Å². The molecule has 1 aromatic carbocycles. The standard InChI is InChI=1S/C13H12Br2N2O2/c1-19-10-4-2-9(3-5-10)6-7-17-13(18)12(15)11(14)8-16-17/h2-5,8H,6-7H2,1H3. The van der Waals surface area contributed by atoms with E-state index in [-0.39, 0.29) is 5.56 Å². The van der Waals surface area contributed by atoms with Crippen LogP contribution in [-0.2, 0) is 13.0 Å². The SMILES string of the molecule is COc1ccc(CCn2ncc(Br)c(Br)c2=O)cc1. The molecule has 19 heavy (non-hydrogen) atoms. The topological polar surface area (TPSA) is 44.1 Å². The van der Waals surface area contributed by atoms with Crippen LogP contribution in [-0.4, -0.2) is 16.9 Å². The lowest BCUT2D eigenvalue weighted by Gasteiger charge is -2.06. The number of aromatic nitrogens is 2. The fourth-order valence-corrected chi connectivity index (χ4v) is 2.20. The summed E-state index contributed by atoms with van der Waals surface area (Å²) in [5, 5.41) is 4.09. The molecule has 100 valence electrons. The third kappa shape index (κ3) is 3.45. The van der Waals surface area contributed by atoms with Crippen molar-refractivity contribution in [3.63, 3.8) is 0 Å². The summed E-state index contributed by atoms with van der Waals surface area (Å²) in [7, 11) is 1.64. The largest absolute Gasteiger partial charge is 0.497 e. The summed E-state index contributed by atoms with van der Waals surface area (Å²) in [6.07, 6.45) is 2.35. The van der Waals surface area contributed by atoms with E-state index in [1.807, 2.05) is 24.3 Å². The molecule has 1 heterocycles. The molecule has 0 radical (unpaired) electrons. The molecule has 1 aromatic heterocycles. The van der Waals surface area contributed by atoms with Crippen LogP contribution < -0.4 is 10.3 Å². The van der Waals surface area contributed by atoms with Gasteiger partial charge in [-0.3, -0.25) is 4.79 Å². The van der Waals surface area contributed by atoms with Gasteiger partial charge in [0.2, 0.25) is 0 Å². The normalized spacial score (nSPS) is 10.5. The van der Waals surface area contributed by atoms with Gasteiger partial charge in [-0.1, -0.05) is 12.1 Å². The van der Waals surface area contributed by atoms with Gasteiger partial charge in [0, 0.05) is 6.54 Å². The lowest BCUT2D eigenvalue weighted by atomic mass is 10.1. The van der Waals surface area contributed by atoms with E-state index < -0.39 is 0 Å². The number of ether oxygens (including phenoxy) is 1. The van der Waals surface area contributed by atoms with Crippen LogP contribution in [0.25, 0.3) is 0 Å². The van der Waals surface area contributed by atoms with Crippen molar-refractivity contribution in [3.05, 3.63) is 55.3 Å². The van der Waals surface area contributed by atoms with Gasteiger partial charge < -0.3 is 4.74 Å². The third-order valence-electron chi connectivity index (χ3n) is 2.71. The fourth-order valence-electron chi connectivity index (χ4n) is 1.63. The van der Waals surface area contributed by atoms with Crippen molar-refractivity contribution in [2.75, 3.05) is 7.11 Å². The number of nitrogens with zero attached hydrogens (tertiary/aromatic N) is 2. The second kappa shape index (κ2) is 6.34. The zero-order valence-corrected chi connectivity index (χ0v) is 13.4. The minimum absolute atomic E-state index is 0.136. The number of methoxy groups -OCH3 is 1. The van der Waals surface area contributed by atoms with E-state index in [1.54, 1.807) is 13.3 Å². The molecular formula is C13H12Br2N2O2. The molecule has 6 heteroatoms. The molecule has 0 saturated heterocycles. The van der Waals surface area contributed by atoms with Gasteiger partial charge in [-0.25, -0.2) is 4.68 Å².